The zero-order valence-corrected chi connectivity index (χ0v) is 9.87. The fraction of sp³-hybridized carbons (Fsp3) is 0.833. The number of carbonyl (C=O) groups excluding carboxylic acids is 1. The van der Waals surface area contributed by atoms with Crippen LogP contribution in [0.5, 0.6) is 0 Å². The van der Waals surface area contributed by atoms with E-state index in [0.29, 0.717) is 13.0 Å². The Labute approximate surface area is 97.0 Å². The Bertz CT molecular complexity index is 254. The van der Waals surface area contributed by atoms with Crippen molar-refractivity contribution in [2.45, 2.75) is 45.1 Å². The fourth-order valence-corrected chi connectivity index (χ4v) is 1.85. The van der Waals surface area contributed by atoms with Crippen molar-refractivity contribution < 1.29 is 9.53 Å². The van der Waals surface area contributed by atoms with Gasteiger partial charge in [-0.05, 0) is 32.1 Å². The number of nitrogens with one attached hydrogen (secondary N) is 1. The first-order chi connectivity index (χ1) is 7.77. The van der Waals surface area contributed by atoms with Crippen LogP contribution in [0.1, 0.15) is 39.0 Å². The fourth-order valence-electron chi connectivity index (χ4n) is 1.85. The molecule has 1 aliphatic heterocycles. The summed E-state index contributed by atoms with van der Waals surface area (Å²) in [6, 6.07) is 2.00. The minimum absolute atomic E-state index is 0.152. The lowest BCUT2D eigenvalue weighted by Gasteiger charge is -2.22. The van der Waals surface area contributed by atoms with Crippen LogP contribution in [0.3, 0.4) is 0 Å². The molecule has 2 unspecified atom stereocenters. The van der Waals surface area contributed by atoms with Crippen LogP contribution in [-0.4, -0.2) is 25.2 Å². The summed E-state index contributed by atoms with van der Waals surface area (Å²) in [7, 11) is 0. The van der Waals surface area contributed by atoms with Gasteiger partial charge in [-0.2, -0.15) is 5.26 Å². The molecule has 0 aromatic heterocycles. The smallest absolute Gasteiger partial charge is 0.237 e. The summed E-state index contributed by atoms with van der Waals surface area (Å²) in [5.74, 6) is -0.659. The molecule has 90 valence electrons. The van der Waals surface area contributed by atoms with Crippen molar-refractivity contribution in [3.05, 3.63) is 0 Å². The van der Waals surface area contributed by atoms with Gasteiger partial charge in [0, 0.05) is 13.2 Å². The average Bonchev–Trinajstić information content (AvgIpc) is 2.32. The van der Waals surface area contributed by atoms with Crippen molar-refractivity contribution in [1.29, 1.82) is 5.26 Å². The molecule has 1 fully saturated rings. The lowest BCUT2D eigenvalue weighted by atomic mass is 10.1. The highest BCUT2D eigenvalue weighted by Crippen LogP contribution is 2.14. The molecule has 0 aliphatic carbocycles. The largest absolute Gasteiger partial charge is 0.378 e. The summed E-state index contributed by atoms with van der Waals surface area (Å²) >= 11 is 0. The Balaban J connectivity index is 2.14. The highest BCUT2D eigenvalue weighted by molar-refractivity contribution is 5.80. The quantitative estimate of drug-likeness (QED) is 0.771. The standard InChI is InChI=1S/C12H20N2O2/c1-2-10(9-13)12(15)14-7-6-11-5-3-4-8-16-11/h10-11H,2-8H2,1H3,(H,14,15). The van der Waals surface area contributed by atoms with Gasteiger partial charge < -0.3 is 10.1 Å². The van der Waals surface area contributed by atoms with Gasteiger partial charge in [0.1, 0.15) is 5.92 Å². The van der Waals surface area contributed by atoms with E-state index in [2.05, 4.69) is 5.32 Å². The van der Waals surface area contributed by atoms with E-state index in [1.165, 1.54) is 6.42 Å². The first kappa shape index (κ1) is 13.0. The lowest BCUT2D eigenvalue weighted by Crippen LogP contribution is -2.33. The van der Waals surface area contributed by atoms with E-state index in [1.54, 1.807) is 0 Å². The second kappa shape index (κ2) is 7.24. The predicted molar refractivity (Wildman–Crippen MR) is 60.6 cm³/mol. The van der Waals surface area contributed by atoms with Crippen molar-refractivity contribution in [3.63, 3.8) is 0 Å². The van der Waals surface area contributed by atoms with E-state index in [1.807, 2.05) is 13.0 Å². The zero-order valence-electron chi connectivity index (χ0n) is 9.87. The van der Waals surface area contributed by atoms with E-state index >= 15 is 0 Å². The molecule has 1 N–H and O–H groups in total. The van der Waals surface area contributed by atoms with Crippen LogP contribution in [0, 0.1) is 17.2 Å². The monoisotopic (exact) mass is 224 g/mol. The first-order valence-corrected chi connectivity index (χ1v) is 6.06. The topological polar surface area (TPSA) is 62.1 Å². The van der Waals surface area contributed by atoms with E-state index in [9.17, 15) is 4.79 Å². The molecule has 16 heavy (non-hydrogen) atoms. The second-order valence-electron chi connectivity index (χ2n) is 4.16. The summed E-state index contributed by atoms with van der Waals surface area (Å²) in [5.41, 5.74) is 0. The molecule has 0 aromatic rings. The molecule has 0 spiro atoms. The molecule has 0 bridgehead atoms. The summed E-state index contributed by atoms with van der Waals surface area (Å²) in [6.07, 6.45) is 5.17. The summed E-state index contributed by atoms with van der Waals surface area (Å²) in [4.78, 5) is 11.5. The average molecular weight is 224 g/mol. The van der Waals surface area contributed by atoms with Gasteiger partial charge in [-0.15, -0.1) is 0 Å². The third kappa shape index (κ3) is 4.19. The number of nitrogens with zero attached hydrogens (tertiary/aromatic N) is 1. The third-order valence-corrected chi connectivity index (χ3v) is 2.92. The maximum Gasteiger partial charge on any atom is 0.237 e. The van der Waals surface area contributed by atoms with Crippen LogP contribution in [0.25, 0.3) is 0 Å². The number of hydrogen-bond acceptors (Lipinski definition) is 3. The number of rotatable bonds is 5. The van der Waals surface area contributed by atoms with Crippen molar-refractivity contribution in [2.75, 3.05) is 13.2 Å². The summed E-state index contributed by atoms with van der Waals surface area (Å²) in [5, 5.41) is 11.5. The normalized spacial score (nSPS) is 22.1. The molecule has 0 aromatic carbocycles. The molecule has 1 heterocycles. The maximum atomic E-state index is 11.5. The van der Waals surface area contributed by atoms with Gasteiger partial charge >= 0.3 is 0 Å². The molecule has 1 aliphatic rings. The number of ether oxygens (including phenoxy) is 1. The lowest BCUT2D eigenvalue weighted by molar-refractivity contribution is -0.123. The van der Waals surface area contributed by atoms with Gasteiger partial charge in [0.2, 0.25) is 5.91 Å². The molecular weight excluding hydrogens is 204 g/mol. The molecule has 0 saturated carbocycles. The molecule has 1 amide bonds. The molecule has 1 rings (SSSR count). The van der Waals surface area contributed by atoms with Gasteiger partial charge in [-0.1, -0.05) is 6.92 Å². The van der Waals surface area contributed by atoms with Crippen LogP contribution in [-0.2, 0) is 9.53 Å². The zero-order chi connectivity index (χ0) is 11.8. The first-order valence-electron chi connectivity index (χ1n) is 6.06. The number of hydrogen-bond donors (Lipinski definition) is 1. The molecule has 1 saturated heterocycles. The van der Waals surface area contributed by atoms with E-state index in [-0.39, 0.29) is 12.0 Å². The number of carbonyl (C=O) groups is 1. The van der Waals surface area contributed by atoms with E-state index in [4.69, 9.17) is 10.00 Å². The summed E-state index contributed by atoms with van der Waals surface area (Å²) < 4.78 is 5.56. The number of amides is 1. The Hall–Kier alpha value is -1.08. The molecule has 2 atom stereocenters. The number of nitriles is 1. The highest BCUT2D eigenvalue weighted by atomic mass is 16.5. The molecular formula is C12H20N2O2. The molecule has 0 radical (unpaired) electrons. The van der Waals surface area contributed by atoms with Crippen LogP contribution >= 0.6 is 0 Å². The Morgan fingerprint density at radius 2 is 2.44 bits per heavy atom. The Morgan fingerprint density at radius 3 is 3.00 bits per heavy atom. The van der Waals surface area contributed by atoms with Crippen LogP contribution in [0.15, 0.2) is 0 Å². The minimum Gasteiger partial charge on any atom is -0.378 e. The molecule has 4 heteroatoms. The van der Waals surface area contributed by atoms with Crippen molar-refractivity contribution in [2.24, 2.45) is 5.92 Å². The summed E-state index contributed by atoms with van der Waals surface area (Å²) in [6.45, 7) is 3.30. The maximum absolute atomic E-state index is 11.5. The van der Waals surface area contributed by atoms with Crippen molar-refractivity contribution in [3.8, 4) is 6.07 Å². The van der Waals surface area contributed by atoms with Crippen molar-refractivity contribution >= 4 is 5.91 Å². The van der Waals surface area contributed by atoms with Crippen LogP contribution in [0.2, 0.25) is 0 Å². The van der Waals surface area contributed by atoms with Gasteiger partial charge in [-0.25, -0.2) is 0 Å². The van der Waals surface area contributed by atoms with Gasteiger partial charge in [0.05, 0.1) is 12.2 Å². The highest BCUT2D eigenvalue weighted by Gasteiger charge is 2.17. The van der Waals surface area contributed by atoms with Crippen molar-refractivity contribution in [1.82, 2.24) is 5.32 Å². The molecule has 4 nitrogen and oxygen atoms in total. The van der Waals surface area contributed by atoms with Crippen LogP contribution < -0.4 is 5.32 Å². The predicted octanol–water partition coefficient (Wildman–Crippen LogP) is 1.61. The van der Waals surface area contributed by atoms with Gasteiger partial charge in [0.25, 0.3) is 0 Å². The Kier molecular flexibility index (Phi) is 5.87. The minimum atomic E-state index is -0.507. The third-order valence-electron chi connectivity index (χ3n) is 2.92. The van der Waals surface area contributed by atoms with Gasteiger partial charge in [0.15, 0.2) is 0 Å². The SMILES string of the molecule is CCC(C#N)C(=O)NCCC1CCCCO1. The van der Waals surface area contributed by atoms with E-state index in [0.717, 1.165) is 25.9 Å². The van der Waals surface area contributed by atoms with E-state index < -0.39 is 5.92 Å². The van der Waals surface area contributed by atoms with Crippen LogP contribution in [0.4, 0.5) is 0 Å². The Morgan fingerprint density at radius 1 is 1.62 bits per heavy atom. The second-order valence-corrected chi connectivity index (χ2v) is 4.16. The van der Waals surface area contributed by atoms with Gasteiger partial charge in [-0.3, -0.25) is 4.79 Å².